The Bertz CT molecular complexity index is 1070. The second-order valence-corrected chi connectivity index (χ2v) is 8.84. The normalized spacial score (nSPS) is 17.0. The van der Waals surface area contributed by atoms with E-state index in [0.717, 1.165) is 28.3 Å². The summed E-state index contributed by atoms with van der Waals surface area (Å²) in [6.45, 7) is 6.03. The molecule has 1 atom stereocenters. The van der Waals surface area contributed by atoms with E-state index < -0.39 is 6.09 Å². The lowest BCUT2D eigenvalue weighted by Crippen LogP contribution is -2.54. The maximum absolute atomic E-state index is 12.4. The monoisotopic (exact) mass is 457 g/mol. The summed E-state index contributed by atoms with van der Waals surface area (Å²) in [6, 6.07) is 7.16. The third-order valence-electron chi connectivity index (χ3n) is 5.21. The number of hydrogen-bond donors (Lipinski definition) is 2. The van der Waals surface area contributed by atoms with E-state index in [0.29, 0.717) is 31.2 Å². The first-order valence-electron chi connectivity index (χ1n) is 10.4. The molecule has 1 amide bonds. The number of thiazole rings is 1. The van der Waals surface area contributed by atoms with E-state index in [2.05, 4.69) is 39.0 Å². The molecule has 3 heterocycles. The number of anilines is 3. The Labute approximate surface area is 190 Å². The van der Waals surface area contributed by atoms with E-state index in [1.807, 2.05) is 0 Å². The van der Waals surface area contributed by atoms with Gasteiger partial charge in [-0.05, 0) is 36.6 Å². The molecular weight excluding hydrogens is 430 g/mol. The Balaban J connectivity index is 1.46. The van der Waals surface area contributed by atoms with E-state index in [-0.39, 0.29) is 12.0 Å². The minimum absolute atomic E-state index is 0.0803. The zero-order chi connectivity index (χ0) is 22.7. The number of aromatic nitrogens is 3. The van der Waals surface area contributed by atoms with Gasteiger partial charge in [0, 0.05) is 18.3 Å². The average molecular weight is 458 g/mol. The number of fused-ring (bicyclic) bond motifs is 1. The van der Waals surface area contributed by atoms with E-state index >= 15 is 0 Å². The van der Waals surface area contributed by atoms with Crippen LogP contribution in [0.1, 0.15) is 20.3 Å². The number of rotatable bonds is 6. The zero-order valence-corrected chi connectivity index (χ0v) is 19.1. The number of hydrogen-bond acceptors (Lipinski definition) is 10. The molecule has 0 unspecified atom stereocenters. The van der Waals surface area contributed by atoms with E-state index in [1.165, 1.54) is 11.3 Å². The number of ether oxygens (including phenoxy) is 1. The van der Waals surface area contributed by atoms with Crippen molar-refractivity contribution in [1.82, 2.24) is 20.0 Å². The first-order chi connectivity index (χ1) is 15.4. The van der Waals surface area contributed by atoms with Crippen LogP contribution < -0.4 is 20.7 Å². The molecule has 1 aromatic carbocycles. The molecule has 10 nitrogen and oxygen atoms in total. The van der Waals surface area contributed by atoms with Crippen LogP contribution in [0.5, 0.6) is 5.75 Å². The molecule has 0 radical (unpaired) electrons. The van der Waals surface area contributed by atoms with Gasteiger partial charge in [0.1, 0.15) is 11.3 Å². The number of methoxy groups -OCH3 is 1. The highest BCUT2D eigenvalue weighted by atomic mass is 32.1. The van der Waals surface area contributed by atoms with Crippen LogP contribution in [0.2, 0.25) is 0 Å². The van der Waals surface area contributed by atoms with Crippen molar-refractivity contribution in [3.05, 3.63) is 29.8 Å². The summed E-state index contributed by atoms with van der Waals surface area (Å²) in [4.78, 5) is 34.2. The quantitative estimate of drug-likeness (QED) is 0.574. The van der Waals surface area contributed by atoms with E-state index in [4.69, 9.17) is 15.3 Å². The first-order valence-corrected chi connectivity index (χ1v) is 11.3. The molecule has 3 aromatic rings. The minimum Gasteiger partial charge on any atom is -0.497 e. The van der Waals surface area contributed by atoms with Crippen LogP contribution in [0.3, 0.4) is 0 Å². The molecular formula is C21H27N7O3S. The molecule has 1 saturated heterocycles. The molecule has 0 saturated carbocycles. The fourth-order valence-corrected chi connectivity index (χ4v) is 4.49. The van der Waals surface area contributed by atoms with Gasteiger partial charge in [0.05, 0.1) is 25.7 Å². The van der Waals surface area contributed by atoms with Gasteiger partial charge < -0.3 is 20.2 Å². The zero-order valence-electron chi connectivity index (χ0n) is 18.3. The molecule has 0 spiro atoms. The molecule has 170 valence electrons. The maximum Gasteiger partial charge on any atom is 0.430 e. The number of nitrogens with two attached hydrogens (primary N) is 1. The van der Waals surface area contributed by atoms with Gasteiger partial charge in [0.25, 0.3) is 0 Å². The third-order valence-corrected chi connectivity index (χ3v) is 5.93. The summed E-state index contributed by atoms with van der Waals surface area (Å²) in [5.41, 5.74) is 9.10. The number of nitrogens with one attached hydrogen (secondary N) is 1. The molecule has 0 aliphatic carbocycles. The summed E-state index contributed by atoms with van der Waals surface area (Å²) >= 11 is 1.44. The van der Waals surface area contributed by atoms with Crippen molar-refractivity contribution < 1.29 is 14.4 Å². The number of nitrogen functional groups attached to an aromatic ring is 1. The Morgan fingerprint density at radius 1 is 1.28 bits per heavy atom. The molecule has 0 bridgehead atoms. The Kier molecular flexibility index (Phi) is 6.56. The van der Waals surface area contributed by atoms with Crippen molar-refractivity contribution in [3.63, 3.8) is 0 Å². The predicted molar refractivity (Wildman–Crippen MR) is 125 cm³/mol. The molecule has 1 aliphatic heterocycles. The Hall–Kier alpha value is -3.18. The van der Waals surface area contributed by atoms with Gasteiger partial charge in [-0.15, -0.1) is 16.4 Å². The molecule has 11 heteroatoms. The molecule has 1 fully saturated rings. The van der Waals surface area contributed by atoms with Crippen LogP contribution in [0.15, 0.2) is 29.8 Å². The number of hydroxylamine groups is 2. The average Bonchev–Trinajstić information content (AvgIpc) is 3.22. The summed E-state index contributed by atoms with van der Waals surface area (Å²) in [6.07, 6.45) is 0.371. The van der Waals surface area contributed by atoms with Crippen molar-refractivity contribution in [2.45, 2.75) is 26.3 Å². The van der Waals surface area contributed by atoms with Gasteiger partial charge in [0.2, 0.25) is 5.95 Å². The highest BCUT2D eigenvalue weighted by Crippen LogP contribution is 2.30. The lowest BCUT2D eigenvalue weighted by Gasteiger charge is -2.41. The van der Waals surface area contributed by atoms with Crippen LogP contribution in [0.25, 0.3) is 10.3 Å². The van der Waals surface area contributed by atoms with Crippen LogP contribution in [0.4, 0.5) is 22.2 Å². The molecule has 1 aliphatic rings. The number of piperazine rings is 1. The fourth-order valence-electron chi connectivity index (χ4n) is 3.83. The largest absolute Gasteiger partial charge is 0.497 e. The highest BCUT2D eigenvalue weighted by Gasteiger charge is 2.32. The molecule has 4 rings (SSSR count). The smallest absolute Gasteiger partial charge is 0.430 e. The lowest BCUT2D eigenvalue weighted by molar-refractivity contribution is -0.106. The molecule has 32 heavy (non-hydrogen) atoms. The molecule has 3 N–H and O–H groups in total. The predicted octanol–water partition coefficient (Wildman–Crippen LogP) is 3.38. The maximum atomic E-state index is 12.4. The Morgan fingerprint density at radius 3 is 2.78 bits per heavy atom. The standard InChI is InChI=1S/C21H27N7O3S/c1-13(2)10-15-11-27(31-21(29)24-14-4-6-16(30-3)7-5-14)8-9-28(15)18-17-19(32-12-23-17)26-20(22)25-18/h4-7,12-13,15H,8-11H2,1-3H3,(H,24,29)(H2,22,25,26)/t15-/m0/s1. The third kappa shape index (κ3) is 5.00. The summed E-state index contributed by atoms with van der Waals surface area (Å²) < 4.78 is 5.14. The van der Waals surface area contributed by atoms with Gasteiger partial charge in [-0.1, -0.05) is 13.8 Å². The van der Waals surface area contributed by atoms with Gasteiger partial charge >= 0.3 is 6.09 Å². The van der Waals surface area contributed by atoms with Crippen LogP contribution >= 0.6 is 11.3 Å². The first kappa shape index (κ1) is 22.0. The van der Waals surface area contributed by atoms with E-state index in [9.17, 15) is 4.79 Å². The van der Waals surface area contributed by atoms with Gasteiger partial charge in [0.15, 0.2) is 10.6 Å². The summed E-state index contributed by atoms with van der Waals surface area (Å²) in [5.74, 6) is 2.14. The minimum atomic E-state index is -0.528. The second kappa shape index (κ2) is 9.53. The van der Waals surface area contributed by atoms with Crippen LogP contribution in [-0.4, -0.2) is 58.9 Å². The van der Waals surface area contributed by atoms with Gasteiger partial charge in [-0.3, -0.25) is 5.32 Å². The lowest BCUT2D eigenvalue weighted by atomic mass is 10.0. The van der Waals surface area contributed by atoms with Crippen LogP contribution in [0, 0.1) is 5.92 Å². The van der Waals surface area contributed by atoms with E-state index in [1.54, 1.807) is 41.9 Å². The number of nitrogens with zero attached hydrogens (tertiary/aromatic N) is 5. The van der Waals surface area contributed by atoms with Crippen LogP contribution in [-0.2, 0) is 4.84 Å². The van der Waals surface area contributed by atoms with Crippen molar-refractivity contribution in [2.24, 2.45) is 5.92 Å². The highest BCUT2D eigenvalue weighted by molar-refractivity contribution is 7.16. The number of benzene rings is 1. The number of carbonyl (C=O) groups excluding carboxylic acids is 1. The van der Waals surface area contributed by atoms with Gasteiger partial charge in [-0.2, -0.15) is 4.98 Å². The van der Waals surface area contributed by atoms with Crippen molar-refractivity contribution in [2.75, 3.05) is 42.7 Å². The summed E-state index contributed by atoms with van der Waals surface area (Å²) in [7, 11) is 1.60. The van der Waals surface area contributed by atoms with Crippen molar-refractivity contribution in [1.29, 1.82) is 0 Å². The number of amides is 1. The molecule has 2 aromatic heterocycles. The topological polar surface area (TPSA) is 119 Å². The van der Waals surface area contributed by atoms with Gasteiger partial charge in [-0.25, -0.2) is 14.8 Å². The fraction of sp³-hybridized carbons (Fsp3) is 0.429. The summed E-state index contributed by atoms with van der Waals surface area (Å²) in [5, 5.41) is 4.45. The van der Waals surface area contributed by atoms with Crippen molar-refractivity contribution in [3.8, 4) is 5.75 Å². The Morgan fingerprint density at radius 2 is 2.06 bits per heavy atom. The SMILES string of the molecule is COc1ccc(NC(=O)ON2CCN(c3nc(N)nc4scnc34)[C@@H](CC(C)C)C2)cc1. The second-order valence-electron chi connectivity index (χ2n) is 8.01. The van der Waals surface area contributed by atoms with Crippen molar-refractivity contribution >= 4 is 45.2 Å². The number of carbonyl (C=O) groups is 1.